The van der Waals surface area contributed by atoms with Gasteiger partial charge in [0.05, 0.1) is 0 Å². The van der Waals surface area contributed by atoms with Gasteiger partial charge in [-0.05, 0) is 31.5 Å². The minimum absolute atomic E-state index is 0.279. The van der Waals surface area contributed by atoms with Crippen LogP contribution in [0, 0.1) is 11.6 Å². The topological polar surface area (TPSA) is 78.5 Å². The van der Waals surface area contributed by atoms with Crippen LogP contribution in [0.25, 0.3) is 0 Å². The molecule has 0 aromatic heterocycles. The van der Waals surface area contributed by atoms with Crippen LogP contribution in [0.3, 0.4) is 0 Å². The normalized spacial score (nSPS) is 19.6. The van der Waals surface area contributed by atoms with E-state index in [0.29, 0.717) is 11.4 Å². The Morgan fingerprint density at radius 1 is 1.23 bits per heavy atom. The average Bonchev–Trinajstić information content (AvgIpc) is 2.81. The Morgan fingerprint density at radius 3 is 2.65 bits per heavy atom. The van der Waals surface area contributed by atoms with Gasteiger partial charge >= 0.3 is 6.03 Å². The summed E-state index contributed by atoms with van der Waals surface area (Å²) in [4.78, 5) is 37.4. The molecule has 1 aromatic carbocycles. The number of benzene rings is 1. The molecule has 1 fully saturated rings. The highest BCUT2D eigenvalue weighted by molar-refractivity contribution is 6.09. The van der Waals surface area contributed by atoms with E-state index in [9.17, 15) is 23.2 Å². The van der Waals surface area contributed by atoms with Crippen molar-refractivity contribution < 1.29 is 23.2 Å². The third-order valence-corrected chi connectivity index (χ3v) is 4.40. The van der Waals surface area contributed by atoms with E-state index >= 15 is 0 Å². The van der Waals surface area contributed by atoms with Gasteiger partial charge in [-0.3, -0.25) is 14.5 Å². The fourth-order valence-corrected chi connectivity index (χ4v) is 2.88. The van der Waals surface area contributed by atoms with Crippen molar-refractivity contribution >= 4 is 17.8 Å². The number of carbonyl (C=O) groups excluding carboxylic acids is 3. The summed E-state index contributed by atoms with van der Waals surface area (Å²) in [5.74, 6) is -2.82. The van der Waals surface area contributed by atoms with E-state index in [-0.39, 0.29) is 5.56 Å². The third-order valence-electron chi connectivity index (χ3n) is 4.40. The molecule has 1 unspecified atom stereocenters. The van der Waals surface area contributed by atoms with E-state index in [1.807, 2.05) is 0 Å². The summed E-state index contributed by atoms with van der Waals surface area (Å²) in [6.07, 6.45) is 3.94. The number of rotatable bonds is 8. The molecule has 8 heteroatoms. The summed E-state index contributed by atoms with van der Waals surface area (Å²) in [6.45, 7) is 3.35. The Balaban J connectivity index is 2.04. The first-order chi connectivity index (χ1) is 12.3. The van der Waals surface area contributed by atoms with Gasteiger partial charge in [-0.25, -0.2) is 13.6 Å². The number of halogens is 2. The maximum atomic E-state index is 14.1. The molecule has 26 heavy (non-hydrogen) atoms. The Morgan fingerprint density at radius 2 is 1.96 bits per heavy atom. The first-order valence-corrected chi connectivity index (χ1v) is 8.66. The lowest BCUT2D eigenvalue weighted by atomic mass is 9.91. The fourth-order valence-electron chi connectivity index (χ4n) is 2.88. The molecule has 0 aliphatic carbocycles. The second-order valence-corrected chi connectivity index (χ2v) is 6.48. The van der Waals surface area contributed by atoms with Crippen LogP contribution >= 0.6 is 0 Å². The number of urea groups is 1. The first-order valence-electron chi connectivity index (χ1n) is 8.66. The lowest BCUT2D eigenvalue weighted by molar-refractivity contribution is -0.134. The summed E-state index contributed by atoms with van der Waals surface area (Å²) in [5, 5.41) is 5.00. The predicted octanol–water partition coefficient (Wildman–Crippen LogP) is 2.43. The Hall–Kier alpha value is -2.51. The van der Waals surface area contributed by atoms with Crippen LogP contribution in [0.15, 0.2) is 18.2 Å². The highest BCUT2D eigenvalue weighted by Crippen LogP contribution is 2.31. The summed E-state index contributed by atoms with van der Waals surface area (Å²) >= 11 is 0. The van der Waals surface area contributed by atoms with Gasteiger partial charge in [0.1, 0.15) is 23.7 Å². The highest BCUT2D eigenvalue weighted by Gasteiger charge is 2.50. The Labute approximate surface area is 150 Å². The van der Waals surface area contributed by atoms with Gasteiger partial charge in [-0.1, -0.05) is 26.2 Å². The van der Waals surface area contributed by atoms with Gasteiger partial charge in [0.25, 0.3) is 5.91 Å². The first kappa shape index (κ1) is 19.8. The molecule has 1 saturated heterocycles. The molecule has 4 amide bonds. The molecule has 1 aliphatic rings. The van der Waals surface area contributed by atoms with Crippen molar-refractivity contribution in [3.63, 3.8) is 0 Å². The lowest BCUT2D eigenvalue weighted by Gasteiger charge is -2.22. The molecule has 0 bridgehead atoms. The van der Waals surface area contributed by atoms with E-state index in [1.54, 1.807) is 0 Å². The van der Waals surface area contributed by atoms with Crippen molar-refractivity contribution in [2.75, 3.05) is 13.1 Å². The number of nitrogens with one attached hydrogen (secondary N) is 2. The quantitative estimate of drug-likeness (QED) is 0.547. The largest absolute Gasteiger partial charge is 0.355 e. The number of carbonyl (C=O) groups is 3. The lowest BCUT2D eigenvalue weighted by Crippen LogP contribution is -2.43. The number of hydrogen-bond donors (Lipinski definition) is 2. The zero-order valence-corrected chi connectivity index (χ0v) is 14.9. The smallest absolute Gasteiger partial charge is 0.325 e. The summed E-state index contributed by atoms with van der Waals surface area (Å²) in [5.41, 5.74) is -2.04. The van der Waals surface area contributed by atoms with Gasteiger partial charge in [-0.2, -0.15) is 0 Å². The van der Waals surface area contributed by atoms with Gasteiger partial charge in [0, 0.05) is 12.1 Å². The van der Waals surface area contributed by atoms with E-state index in [0.717, 1.165) is 43.9 Å². The van der Waals surface area contributed by atoms with Crippen molar-refractivity contribution in [3.05, 3.63) is 35.4 Å². The molecule has 1 atom stereocenters. The van der Waals surface area contributed by atoms with Crippen LogP contribution in [-0.4, -0.2) is 35.8 Å². The summed E-state index contributed by atoms with van der Waals surface area (Å²) in [7, 11) is 0. The molecule has 6 nitrogen and oxygen atoms in total. The maximum absolute atomic E-state index is 14.1. The van der Waals surface area contributed by atoms with Gasteiger partial charge in [0.15, 0.2) is 0 Å². The van der Waals surface area contributed by atoms with Crippen LogP contribution in [0.2, 0.25) is 0 Å². The van der Waals surface area contributed by atoms with Crippen molar-refractivity contribution in [1.82, 2.24) is 15.5 Å². The van der Waals surface area contributed by atoms with Crippen LogP contribution in [-0.2, 0) is 15.1 Å². The predicted molar refractivity (Wildman–Crippen MR) is 91.1 cm³/mol. The van der Waals surface area contributed by atoms with E-state index < -0.39 is 41.6 Å². The molecule has 2 rings (SSSR count). The van der Waals surface area contributed by atoms with Crippen LogP contribution in [0.4, 0.5) is 13.6 Å². The molecule has 0 spiro atoms. The fraction of sp³-hybridized carbons (Fsp3) is 0.500. The van der Waals surface area contributed by atoms with Crippen molar-refractivity contribution in [3.8, 4) is 0 Å². The van der Waals surface area contributed by atoms with Crippen molar-refractivity contribution in [1.29, 1.82) is 0 Å². The molecule has 1 heterocycles. The number of amides is 4. The number of hydrogen-bond acceptors (Lipinski definition) is 3. The second kappa shape index (κ2) is 8.25. The zero-order valence-electron chi connectivity index (χ0n) is 14.9. The summed E-state index contributed by atoms with van der Waals surface area (Å²) < 4.78 is 27.5. The summed E-state index contributed by atoms with van der Waals surface area (Å²) in [6, 6.07) is 1.86. The molecule has 2 N–H and O–H groups in total. The van der Waals surface area contributed by atoms with Crippen molar-refractivity contribution in [2.45, 2.75) is 45.1 Å². The SMILES string of the molecule is CCCCCCNC(=O)CN1C(=O)NC(C)(c2cc(F)ccc2F)C1=O. The van der Waals surface area contributed by atoms with Crippen LogP contribution in [0.5, 0.6) is 0 Å². The molecule has 0 radical (unpaired) electrons. The van der Waals surface area contributed by atoms with Gasteiger partial charge in [0.2, 0.25) is 5.91 Å². The maximum Gasteiger partial charge on any atom is 0.325 e. The van der Waals surface area contributed by atoms with E-state index in [4.69, 9.17) is 0 Å². The average molecular weight is 367 g/mol. The molecular weight excluding hydrogens is 344 g/mol. The van der Waals surface area contributed by atoms with E-state index in [2.05, 4.69) is 17.6 Å². The Bertz CT molecular complexity index is 711. The molecular formula is C18H23F2N3O3. The molecule has 1 aliphatic heterocycles. The van der Waals surface area contributed by atoms with Crippen LogP contribution in [0.1, 0.15) is 45.1 Å². The number of nitrogens with zero attached hydrogens (tertiary/aromatic N) is 1. The van der Waals surface area contributed by atoms with Gasteiger partial charge < -0.3 is 10.6 Å². The van der Waals surface area contributed by atoms with Crippen LogP contribution < -0.4 is 10.6 Å². The minimum atomic E-state index is -1.76. The second-order valence-electron chi connectivity index (χ2n) is 6.48. The van der Waals surface area contributed by atoms with Crippen molar-refractivity contribution in [2.24, 2.45) is 0 Å². The Kier molecular flexibility index (Phi) is 6.28. The van der Waals surface area contributed by atoms with E-state index in [1.165, 1.54) is 6.92 Å². The van der Waals surface area contributed by atoms with Gasteiger partial charge in [-0.15, -0.1) is 0 Å². The monoisotopic (exact) mass is 367 g/mol. The zero-order chi connectivity index (χ0) is 19.3. The number of imide groups is 1. The number of unbranched alkanes of at least 4 members (excludes halogenated alkanes) is 3. The molecule has 1 aromatic rings. The third kappa shape index (κ3) is 4.17. The standard InChI is InChI=1S/C18H23F2N3O3/c1-3-4-5-6-9-21-15(24)11-23-16(25)18(2,22-17(23)26)13-10-12(19)7-8-14(13)20/h7-8,10H,3-6,9,11H2,1-2H3,(H,21,24)(H,22,26). The minimum Gasteiger partial charge on any atom is -0.355 e. The molecule has 142 valence electrons. The highest BCUT2D eigenvalue weighted by atomic mass is 19.1. The molecule has 0 saturated carbocycles.